The maximum Gasteiger partial charge on any atom is 0.371 e. The van der Waals surface area contributed by atoms with Gasteiger partial charge in [-0.2, -0.15) is 0 Å². The lowest BCUT2D eigenvalue weighted by Crippen LogP contribution is -2.14. The first-order valence-electron chi connectivity index (χ1n) is 5.83. The van der Waals surface area contributed by atoms with Gasteiger partial charge in [0.2, 0.25) is 5.76 Å². The number of nitrogens with one attached hydrogen (secondary N) is 1. The SMILES string of the molecule is Cc1ccc(F)cc1NS(=O)(=O)c1cc(C(=O)O)oc1C. The summed E-state index contributed by atoms with van der Waals surface area (Å²) in [5.41, 5.74) is 0.604. The van der Waals surface area contributed by atoms with Crippen molar-refractivity contribution in [2.24, 2.45) is 0 Å². The second-order valence-corrected chi connectivity index (χ2v) is 6.05. The van der Waals surface area contributed by atoms with E-state index in [1.165, 1.54) is 19.1 Å². The fraction of sp³-hybridized carbons (Fsp3) is 0.154. The minimum Gasteiger partial charge on any atom is -0.475 e. The van der Waals surface area contributed by atoms with Crippen LogP contribution in [0.5, 0.6) is 0 Å². The monoisotopic (exact) mass is 313 g/mol. The molecule has 0 aliphatic heterocycles. The molecular weight excluding hydrogens is 301 g/mol. The van der Waals surface area contributed by atoms with E-state index in [2.05, 4.69) is 4.72 Å². The highest BCUT2D eigenvalue weighted by atomic mass is 32.2. The average Bonchev–Trinajstić information content (AvgIpc) is 2.77. The number of furan rings is 1. The van der Waals surface area contributed by atoms with Crippen LogP contribution in [0.15, 0.2) is 33.6 Å². The number of anilines is 1. The Bertz CT molecular complexity index is 810. The fourth-order valence-electron chi connectivity index (χ4n) is 1.74. The van der Waals surface area contributed by atoms with Crippen molar-refractivity contribution < 1.29 is 27.1 Å². The molecule has 2 rings (SSSR count). The van der Waals surface area contributed by atoms with Gasteiger partial charge in [-0.3, -0.25) is 4.72 Å². The molecule has 112 valence electrons. The normalized spacial score (nSPS) is 11.4. The number of halogens is 1. The number of benzene rings is 1. The van der Waals surface area contributed by atoms with E-state index in [0.717, 1.165) is 12.1 Å². The molecule has 2 N–H and O–H groups in total. The molecule has 0 amide bonds. The van der Waals surface area contributed by atoms with Gasteiger partial charge in [0.05, 0.1) is 5.69 Å². The summed E-state index contributed by atoms with van der Waals surface area (Å²) in [5, 5.41) is 8.80. The van der Waals surface area contributed by atoms with E-state index in [9.17, 15) is 17.6 Å². The minimum absolute atomic E-state index is 0.0612. The smallest absolute Gasteiger partial charge is 0.371 e. The molecule has 1 heterocycles. The zero-order chi connectivity index (χ0) is 15.8. The fourth-order valence-corrected chi connectivity index (χ4v) is 3.04. The van der Waals surface area contributed by atoms with Crippen LogP contribution in [0.1, 0.15) is 21.9 Å². The van der Waals surface area contributed by atoms with E-state index in [1.54, 1.807) is 6.92 Å². The number of carboxylic acid groups (broad SMARTS) is 1. The van der Waals surface area contributed by atoms with Gasteiger partial charge in [0, 0.05) is 6.07 Å². The highest BCUT2D eigenvalue weighted by molar-refractivity contribution is 7.92. The third-order valence-electron chi connectivity index (χ3n) is 2.82. The molecule has 1 aromatic carbocycles. The summed E-state index contributed by atoms with van der Waals surface area (Å²) in [7, 11) is -4.07. The van der Waals surface area contributed by atoms with E-state index < -0.39 is 27.6 Å². The molecular formula is C13H12FNO5S. The first-order chi connectivity index (χ1) is 9.70. The van der Waals surface area contributed by atoms with E-state index in [-0.39, 0.29) is 16.3 Å². The summed E-state index contributed by atoms with van der Waals surface area (Å²) in [6.45, 7) is 2.95. The molecule has 0 spiro atoms. The van der Waals surface area contributed by atoms with Crippen LogP contribution < -0.4 is 4.72 Å². The van der Waals surface area contributed by atoms with Crippen LogP contribution in [0.2, 0.25) is 0 Å². The van der Waals surface area contributed by atoms with Gasteiger partial charge in [-0.1, -0.05) is 6.07 Å². The maximum atomic E-state index is 13.2. The Labute approximate surface area is 120 Å². The number of hydrogen-bond acceptors (Lipinski definition) is 4. The molecule has 0 radical (unpaired) electrons. The highest BCUT2D eigenvalue weighted by Gasteiger charge is 2.24. The molecule has 6 nitrogen and oxygen atoms in total. The Morgan fingerprint density at radius 1 is 1.29 bits per heavy atom. The van der Waals surface area contributed by atoms with Crippen LogP contribution in [0.25, 0.3) is 0 Å². The Kier molecular flexibility index (Phi) is 3.73. The van der Waals surface area contributed by atoms with Gasteiger partial charge in [0.15, 0.2) is 0 Å². The van der Waals surface area contributed by atoms with Crippen molar-refractivity contribution in [3.8, 4) is 0 Å². The van der Waals surface area contributed by atoms with Crippen molar-refractivity contribution >= 4 is 21.7 Å². The van der Waals surface area contributed by atoms with Crippen LogP contribution in [0.4, 0.5) is 10.1 Å². The lowest BCUT2D eigenvalue weighted by molar-refractivity contribution is 0.0661. The summed E-state index contributed by atoms with van der Waals surface area (Å²) < 4.78 is 44.7. The molecule has 0 saturated carbocycles. The third-order valence-corrected chi connectivity index (χ3v) is 4.29. The maximum absolute atomic E-state index is 13.2. The Balaban J connectivity index is 2.43. The van der Waals surface area contributed by atoms with Crippen molar-refractivity contribution in [2.75, 3.05) is 4.72 Å². The molecule has 8 heteroatoms. The van der Waals surface area contributed by atoms with Crippen molar-refractivity contribution in [3.63, 3.8) is 0 Å². The molecule has 0 aliphatic rings. The first-order valence-corrected chi connectivity index (χ1v) is 7.32. The molecule has 0 saturated heterocycles. The third kappa shape index (κ3) is 3.05. The number of rotatable bonds is 4. The van der Waals surface area contributed by atoms with Crippen LogP contribution in [-0.4, -0.2) is 19.5 Å². The van der Waals surface area contributed by atoms with Crippen LogP contribution in [-0.2, 0) is 10.0 Å². The molecule has 0 atom stereocenters. The van der Waals surface area contributed by atoms with Crippen molar-refractivity contribution in [2.45, 2.75) is 18.7 Å². The second-order valence-electron chi connectivity index (χ2n) is 4.40. The number of aromatic carboxylic acids is 1. The van der Waals surface area contributed by atoms with Gasteiger partial charge in [0.1, 0.15) is 16.5 Å². The highest BCUT2D eigenvalue weighted by Crippen LogP contribution is 2.25. The molecule has 1 aromatic heterocycles. The van der Waals surface area contributed by atoms with E-state index in [1.807, 2.05) is 0 Å². The number of sulfonamides is 1. The number of carbonyl (C=O) groups is 1. The predicted molar refractivity (Wildman–Crippen MR) is 72.3 cm³/mol. The van der Waals surface area contributed by atoms with E-state index >= 15 is 0 Å². The molecule has 0 bridgehead atoms. The average molecular weight is 313 g/mol. The molecule has 0 fully saturated rings. The van der Waals surface area contributed by atoms with Crippen molar-refractivity contribution in [3.05, 3.63) is 47.2 Å². The van der Waals surface area contributed by atoms with Gasteiger partial charge in [-0.25, -0.2) is 17.6 Å². The van der Waals surface area contributed by atoms with Gasteiger partial charge >= 0.3 is 5.97 Å². The largest absolute Gasteiger partial charge is 0.475 e. The molecule has 21 heavy (non-hydrogen) atoms. The minimum atomic E-state index is -4.07. The van der Waals surface area contributed by atoms with Crippen molar-refractivity contribution in [1.29, 1.82) is 0 Å². The standard InChI is InChI=1S/C13H12FNO5S/c1-7-3-4-9(14)5-10(7)15-21(18,19)12-6-11(13(16)17)20-8(12)2/h3-6,15H,1-2H3,(H,16,17). The Morgan fingerprint density at radius 3 is 2.52 bits per heavy atom. The summed E-state index contributed by atoms with van der Waals surface area (Å²) in [6.07, 6.45) is 0. The van der Waals surface area contributed by atoms with Gasteiger partial charge in [-0.05, 0) is 31.5 Å². The zero-order valence-electron chi connectivity index (χ0n) is 11.2. The van der Waals surface area contributed by atoms with Crippen molar-refractivity contribution in [1.82, 2.24) is 0 Å². The summed E-state index contributed by atoms with van der Waals surface area (Å²) in [4.78, 5) is 10.5. The number of aryl methyl sites for hydroxylation is 2. The van der Waals surface area contributed by atoms with Gasteiger partial charge in [-0.15, -0.1) is 0 Å². The summed E-state index contributed by atoms with van der Waals surface area (Å²) in [5.74, 6) is -2.51. The molecule has 2 aromatic rings. The predicted octanol–water partition coefficient (Wildman–Crippen LogP) is 2.53. The van der Waals surface area contributed by atoms with Gasteiger partial charge in [0.25, 0.3) is 10.0 Å². The zero-order valence-corrected chi connectivity index (χ0v) is 12.0. The Morgan fingerprint density at radius 2 is 1.95 bits per heavy atom. The van der Waals surface area contributed by atoms with Gasteiger partial charge < -0.3 is 9.52 Å². The quantitative estimate of drug-likeness (QED) is 0.904. The van der Waals surface area contributed by atoms with Crippen LogP contribution >= 0.6 is 0 Å². The number of carboxylic acids is 1. The molecule has 0 aliphatic carbocycles. The molecule has 0 unspecified atom stereocenters. The number of hydrogen-bond donors (Lipinski definition) is 2. The Hall–Kier alpha value is -2.35. The second kappa shape index (κ2) is 5.21. The lowest BCUT2D eigenvalue weighted by atomic mass is 10.2. The van der Waals surface area contributed by atoms with E-state index in [4.69, 9.17) is 9.52 Å². The van der Waals surface area contributed by atoms with Crippen LogP contribution in [0, 0.1) is 19.7 Å². The van der Waals surface area contributed by atoms with E-state index in [0.29, 0.717) is 5.56 Å². The summed E-state index contributed by atoms with van der Waals surface area (Å²) in [6, 6.07) is 4.59. The topological polar surface area (TPSA) is 96.6 Å². The lowest BCUT2D eigenvalue weighted by Gasteiger charge is -2.09. The summed E-state index contributed by atoms with van der Waals surface area (Å²) >= 11 is 0. The first kappa shape index (κ1) is 15.0. The van der Waals surface area contributed by atoms with Crippen LogP contribution in [0.3, 0.4) is 0 Å².